The van der Waals surface area contributed by atoms with Gasteiger partial charge < -0.3 is 10.6 Å². The summed E-state index contributed by atoms with van der Waals surface area (Å²) in [6.07, 6.45) is -0.235. The van der Waals surface area contributed by atoms with E-state index in [0.717, 1.165) is 5.69 Å². The number of benzene rings is 1. The number of nitrogen functional groups attached to an aromatic ring is 1. The zero-order valence-electron chi connectivity index (χ0n) is 8.72. The van der Waals surface area contributed by atoms with Gasteiger partial charge in [-0.25, -0.2) is 8.78 Å². The van der Waals surface area contributed by atoms with E-state index in [1.54, 1.807) is 18.2 Å². The van der Waals surface area contributed by atoms with Crippen molar-refractivity contribution in [3.8, 4) is 0 Å². The van der Waals surface area contributed by atoms with Crippen molar-refractivity contribution in [1.29, 1.82) is 0 Å². The number of alkyl halides is 2. The van der Waals surface area contributed by atoms with Crippen LogP contribution < -0.4 is 10.6 Å². The van der Waals surface area contributed by atoms with Gasteiger partial charge in [0.05, 0.1) is 10.7 Å². The Hall–Kier alpha value is -1.03. The summed E-state index contributed by atoms with van der Waals surface area (Å²) in [6.45, 7) is 0.660. The number of halogens is 3. The average molecular weight is 247 g/mol. The van der Waals surface area contributed by atoms with Gasteiger partial charge in [-0.05, 0) is 18.2 Å². The van der Waals surface area contributed by atoms with Crippen molar-refractivity contribution < 1.29 is 8.78 Å². The first kappa shape index (κ1) is 11.5. The quantitative estimate of drug-likeness (QED) is 0.772. The molecule has 1 aromatic rings. The molecule has 0 bridgehead atoms. The molecule has 0 aliphatic carbocycles. The van der Waals surface area contributed by atoms with Gasteiger partial charge in [-0.1, -0.05) is 11.6 Å². The predicted molar refractivity (Wildman–Crippen MR) is 62.3 cm³/mol. The zero-order valence-corrected chi connectivity index (χ0v) is 9.47. The van der Waals surface area contributed by atoms with Gasteiger partial charge in [0.1, 0.15) is 0 Å². The monoisotopic (exact) mass is 246 g/mol. The molecule has 16 heavy (non-hydrogen) atoms. The van der Waals surface area contributed by atoms with Crippen LogP contribution in [0.25, 0.3) is 0 Å². The van der Waals surface area contributed by atoms with Crippen molar-refractivity contribution in [3.63, 3.8) is 0 Å². The van der Waals surface area contributed by atoms with Gasteiger partial charge >= 0.3 is 0 Å². The fourth-order valence-electron chi connectivity index (χ4n) is 1.85. The van der Waals surface area contributed by atoms with E-state index in [4.69, 9.17) is 17.3 Å². The van der Waals surface area contributed by atoms with Gasteiger partial charge in [0, 0.05) is 31.6 Å². The van der Waals surface area contributed by atoms with Crippen LogP contribution in [-0.4, -0.2) is 19.0 Å². The van der Waals surface area contributed by atoms with E-state index in [1.165, 1.54) is 0 Å². The van der Waals surface area contributed by atoms with Crippen molar-refractivity contribution in [3.05, 3.63) is 23.2 Å². The summed E-state index contributed by atoms with van der Waals surface area (Å²) in [5, 5.41) is 0.519. The van der Waals surface area contributed by atoms with Gasteiger partial charge in [0.15, 0.2) is 0 Å². The van der Waals surface area contributed by atoms with Crippen molar-refractivity contribution in [2.24, 2.45) is 0 Å². The molecule has 0 saturated carbocycles. The summed E-state index contributed by atoms with van der Waals surface area (Å²) in [6, 6.07) is 5.15. The van der Waals surface area contributed by atoms with Crippen LogP contribution in [0.15, 0.2) is 18.2 Å². The van der Waals surface area contributed by atoms with Crippen LogP contribution in [0.5, 0.6) is 0 Å². The lowest BCUT2D eigenvalue weighted by Gasteiger charge is -2.33. The highest BCUT2D eigenvalue weighted by Gasteiger charge is 2.34. The molecule has 5 heteroatoms. The highest BCUT2D eigenvalue weighted by Crippen LogP contribution is 2.34. The van der Waals surface area contributed by atoms with Crippen molar-refractivity contribution in [2.45, 2.75) is 18.8 Å². The van der Waals surface area contributed by atoms with E-state index in [0.29, 0.717) is 23.8 Å². The van der Waals surface area contributed by atoms with Crippen molar-refractivity contribution in [2.75, 3.05) is 23.7 Å². The third kappa shape index (κ3) is 2.38. The fourth-order valence-corrected chi connectivity index (χ4v) is 2.16. The van der Waals surface area contributed by atoms with Crippen LogP contribution >= 0.6 is 11.6 Å². The second-order valence-electron chi connectivity index (χ2n) is 4.05. The molecule has 0 unspecified atom stereocenters. The lowest BCUT2D eigenvalue weighted by Crippen LogP contribution is -2.39. The first-order chi connectivity index (χ1) is 7.48. The predicted octanol–water partition coefficient (Wildman–Crippen LogP) is 3.16. The molecule has 1 aromatic carbocycles. The molecule has 0 spiro atoms. The maximum absolute atomic E-state index is 13.0. The van der Waals surface area contributed by atoms with Crippen LogP contribution in [-0.2, 0) is 0 Å². The van der Waals surface area contributed by atoms with Crippen LogP contribution in [0.3, 0.4) is 0 Å². The normalized spacial score (nSPS) is 19.8. The van der Waals surface area contributed by atoms with E-state index < -0.39 is 5.92 Å². The second-order valence-corrected chi connectivity index (χ2v) is 4.46. The minimum absolute atomic E-state index is 0.117. The van der Waals surface area contributed by atoms with Gasteiger partial charge in [0.2, 0.25) is 0 Å². The molecule has 1 fully saturated rings. The first-order valence-electron chi connectivity index (χ1n) is 5.16. The molecule has 0 amide bonds. The van der Waals surface area contributed by atoms with E-state index in [2.05, 4.69) is 0 Å². The third-order valence-electron chi connectivity index (χ3n) is 2.81. The maximum atomic E-state index is 13.0. The molecule has 2 rings (SSSR count). The molecular weight excluding hydrogens is 234 g/mol. The van der Waals surface area contributed by atoms with Gasteiger partial charge in [-0.15, -0.1) is 0 Å². The Bertz CT molecular complexity index is 386. The smallest absolute Gasteiger partial charge is 0.251 e. The summed E-state index contributed by atoms with van der Waals surface area (Å²) in [4.78, 5) is 1.87. The molecule has 88 valence electrons. The number of hydrogen-bond donors (Lipinski definition) is 1. The van der Waals surface area contributed by atoms with Crippen molar-refractivity contribution >= 4 is 23.0 Å². The largest absolute Gasteiger partial charge is 0.399 e. The molecule has 2 N–H and O–H groups in total. The molecule has 1 aliphatic heterocycles. The Morgan fingerprint density at radius 2 is 1.88 bits per heavy atom. The number of piperidine rings is 1. The summed E-state index contributed by atoms with van der Waals surface area (Å²) in [5.74, 6) is -2.53. The molecule has 1 heterocycles. The highest BCUT2D eigenvalue weighted by atomic mass is 35.5. The molecule has 1 saturated heterocycles. The SMILES string of the molecule is Nc1ccc(N2CCC(F)(F)CC2)c(Cl)c1. The minimum atomic E-state index is -2.53. The summed E-state index contributed by atoms with van der Waals surface area (Å²) in [5.41, 5.74) is 6.94. The lowest BCUT2D eigenvalue weighted by molar-refractivity contribution is -0.0220. The maximum Gasteiger partial charge on any atom is 0.251 e. The minimum Gasteiger partial charge on any atom is -0.399 e. The van der Waals surface area contributed by atoms with E-state index in [1.807, 2.05) is 4.90 Å². The Morgan fingerprint density at radius 1 is 1.25 bits per heavy atom. The Kier molecular flexibility index (Phi) is 2.93. The number of anilines is 2. The second kappa shape index (κ2) is 4.09. The first-order valence-corrected chi connectivity index (χ1v) is 5.53. The fraction of sp³-hybridized carbons (Fsp3) is 0.455. The number of nitrogens with two attached hydrogens (primary N) is 1. The van der Waals surface area contributed by atoms with Gasteiger partial charge in [-0.2, -0.15) is 0 Å². The molecule has 0 aromatic heterocycles. The molecular formula is C11H13ClF2N2. The van der Waals surface area contributed by atoms with E-state index in [9.17, 15) is 8.78 Å². The number of hydrogen-bond acceptors (Lipinski definition) is 2. The Labute approximate surface area is 98.0 Å². The standard InChI is InChI=1S/C11H13ClF2N2/c12-9-7-8(15)1-2-10(9)16-5-3-11(13,14)4-6-16/h1-2,7H,3-6,15H2. The highest BCUT2D eigenvalue weighted by molar-refractivity contribution is 6.33. The lowest BCUT2D eigenvalue weighted by atomic mass is 10.1. The zero-order chi connectivity index (χ0) is 11.8. The van der Waals surface area contributed by atoms with Gasteiger partial charge in [-0.3, -0.25) is 0 Å². The average Bonchev–Trinajstić information content (AvgIpc) is 2.19. The third-order valence-corrected chi connectivity index (χ3v) is 3.11. The van der Waals surface area contributed by atoms with E-state index >= 15 is 0 Å². The van der Waals surface area contributed by atoms with E-state index in [-0.39, 0.29) is 12.8 Å². The topological polar surface area (TPSA) is 29.3 Å². The van der Waals surface area contributed by atoms with Crippen LogP contribution in [0, 0.1) is 0 Å². The molecule has 0 atom stereocenters. The van der Waals surface area contributed by atoms with Crippen LogP contribution in [0.1, 0.15) is 12.8 Å². The van der Waals surface area contributed by atoms with Gasteiger partial charge in [0.25, 0.3) is 5.92 Å². The van der Waals surface area contributed by atoms with Crippen molar-refractivity contribution in [1.82, 2.24) is 0 Å². The number of rotatable bonds is 1. The number of nitrogens with zero attached hydrogens (tertiary/aromatic N) is 1. The van der Waals surface area contributed by atoms with Crippen LogP contribution in [0.2, 0.25) is 5.02 Å². The summed E-state index contributed by atoms with van der Waals surface area (Å²) < 4.78 is 26.0. The Balaban J connectivity index is 2.14. The molecule has 1 aliphatic rings. The summed E-state index contributed by atoms with van der Waals surface area (Å²) >= 11 is 6.02. The molecule has 0 radical (unpaired) electrons. The summed E-state index contributed by atoms with van der Waals surface area (Å²) in [7, 11) is 0. The Morgan fingerprint density at radius 3 is 2.44 bits per heavy atom. The van der Waals surface area contributed by atoms with Crippen LogP contribution in [0.4, 0.5) is 20.2 Å². The molecule has 2 nitrogen and oxygen atoms in total.